The highest BCUT2D eigenvalue weighted by Gasteiger charge is 2.05. The maximum absolute atomic E-state index is 5.65. The Hall–Kier alpha value is -1.74. The number of rotatable bonds is 4. The molecule has 0 aliphatic carbocycles. The summed E-state index contributed by atoms with van der Waals surface area (Å²) in [6, 6.07) is 10.1. The zero-order valence-corrected chi connectivity index (χ0v) is 10.9. The molecule has 0 fully saturated rings. The maximum Gasteiger partial charge on any atom is 0.159 e. The highest BCUT2D eigenvalue weighted by Crippen LogP contribution is 2.17. The van der Waals surface area contributed by atoms with Crippen LogP contribution >= 0.6 is 0 Å². The quantitative estimate of drug-likeness (QED) is 0.895. The van der Waals surface area contributed by atoms with Gasteiger partial charge in [0.25, 0.3) is 0 Å². The molecular weight excluding hydrogens is 222 g/mol. The Labute approximate surface area is 108 Å². The average Bonchev–Trinajstić information content (AvgIpc) is 2.38. The lowest BCUT2D eigenvalue weighted by molar-refractivity contribution is 0.634. The van der Waals surface area contributed by atoms with Crippen LogP contribution in [-0.2, 0) is 13.0 Å². The number of nitrogens with zero attached hydrogens (tertiary/aromatic N) is 2. The standard InChI is InChI=1S/C15H19N3/c1-11(2)8-14-6-7-17-15(18-14)13-5-3-4-12(9-13)10-16/h3-7,9,11H,8,10,16H2,1-2H3. The van der Waals surface area contributed by atoms with Gasteiger partial charge in [-0.2, -0.15) is 0 Å². The summed E-state index contributed by atoms with van der Waals surface area (Å²) in [5.74, 6) is 1.38. The second-order valence-corrected chi connectivity index (χ2v) is 4.87. The van der Waals surface area contributed by atoms with Crippen molar-refractivity contribution in [2.75, 3.05) is 0 Å². The normalized spacial score (nSPS) is 10.9. The van der Waals surface area contributed by atoms with Crippen LogP contribution in [0.1, 0.15) is 25.1 Å². The average molecular weight is 241 g/mol. The van der Waals surface area contributed by atoms with E-state index in [2.05, 4.69) is 29.9 Å². The zero-order valence-electron chi connectivity index (χ0n) is 10.9. The summed E-state index contributed by atoms with van der Waals surface area (Å²) in [6.07, 6.45) is 2.81. The Kier molecular flexibility index (Phi) is 4.05. The van der Waals surface area contributed by atoms with Gasteiger partial charge in [0.2, 0.25) is 0 Å². The van der Waals surface area contributed by atoms with Gasteiger partial charge < -0.3 is 5.73 Å². The molecule has 1 aromatic heterocycles. The number of benzene rings is 1. The second kappa shape index (κ2) is 5.74. The van der Waals surface area contributed by atoms with E-state index >= 15 is 0 Å². The minimum atomic E-state index is 0.541. The van der Waals surface area contributed by atoms with Crippen LogP contribution in [0.2, 0.25) is 0 Å². The Bertz CT molecular complexity index is 521. The predicted octanol–water partition coefficient (Wildman–Crippen LogP) is 2.80. The molecule has 0 spiro atoms. The van der Waals surface area contributed by atoms with E-state index in [-0.39, 0.29) is 0 Å². The number of aromatic nitrogens is 2. The van der Waals surface area contributed by atoms with Gasteiger partial charge in [0.05, 0.1) is 0 Å². The molecule has 0 saturated carbocycles. The van der Waals surface area contributed by atoms with Crippen LogP contribution in [0.3, 0.4) is 0 Å². The first-order chi connectivity index (χ1) is 8.69. The van der Waals surface area contributed by atoms with Crippen molar-refractivity contribution in [2.45, 2.75) is 26.8 Å². The van der Waals surface area contributed by atoms with Crippen LogP contribution in [0, 0.1) is 5.92 Å². The summed E-state index contributed by atoms with van der Waals surface area (Å²) in [5.41, 5.74) is 8.88. The summed E-state index contributed by atoms with van der Waals surface area (Å²) in [5, 5.41) is 0. The summed E-state index contributed by atoms with van der Waals surface area (Å²) >= 11 is 0. The molecule has 0 aliphatic rings. The molecule has 2 aromatic rings. The van der Waals surface area contributed by atoms with Gasteiger partial charge in [-0.15, -0.1) is 0 Å². The molecule has 3 heteroatoms. The van der Waals surface area contributed by atoms with Gasteiger partial charge >= 0.3 is 0 Å². The molecule has 2 N–H and O–H groups in total. The third-order valence-corrected chi connectivity index (χ3v) is 2.75. The lowest BCUT2D eigenvalue weighted by atomic mass is 10.1. The first kappa shape index (κ1) is 12.7. The van der Waals surface area contributed by atoms with Gasteiger partial charge in [0, 0.05) is 24.0 Å². The molecule has 1 aromatic carbocycles. The van der Waals surface area contributed by atoms with E-state index in [1.54, 1.807) is 0 Å². The van der Waals surface area contributed by atoms with E-state index in [9.17, 15) is 0 Å². The third kappa shape index (κ3) is 3.14. The zero-order chi connectivity index (χ0) is 13.0. The van der Waals surface area contributed by atoms with E-state index in [0.717, 1.165) is 29.1 Å². The van der Waals surface area contributed by atoms with Crippen LogP contribution in [0.15, 0.2) is 36.5 Å². The highest BCUT2D eigenvalue weighted by atomic mass is 14.9. The fourth-order valence-corrected chi connectivity index (χ4v) is 1.90. The summed E-state index contributed by atoms with van der Waals surface area (Å²) < 4.78 is 0. The van der Waals surface area contributed by atoms with Crippen molar-refractivity contribution in [3.05, 3.63) is 47.8 Å². The maximum atomic E-state index is 5.65. The largest absolute Gasteiger partial charge is 0.326 e. The van der Waals surface area contributed by atoms with E-state index in [4.69, 9.17) is 5.73 Å². The molecule has 0 aliphatic heterocycles. The summed E-state index contributed by atoms with van der Waals surface area (Å²) in [4.78, 5) is 8.95. The van der Waals surface area contributed by atoms with Crippen molar-refractivity contribution < 1.29 is 0 Å². The number of hydrogen-bond acceptors (Lipinski definition) is 3. The topological polar surface area (TPSA) is 51.8 Å². The summed E-state index contributed by atoms with van der Waals surface area (Å²) in [6.45, 7) is 4.92. The Morgan fingerprint density at radius 3 is 2.78 bits per heavy atom. The molecular formula is C15H19N3. The fourth-order valence-electron chi connectivity index (χ4n) is 1.90. The molecule has 0 unspecified atom stereocenters. The number of nitrogens with two attached hydrogens (primary N) is 1. The molecule has 2 rings (SSSR count). The molecule has 0 atom stereocenters. The molecule has 0 radical (unpaired) electrons. The highest BCUT2D eigenvalue weighted by molar-refractivity contribution is 5.55. The molecule has 0 saturated heterocycles. The van der Waals surface area contributed by atoms with Crippen molar-refractivity contribution in [1.29, 1.82) is 0 Å². The van der Waals surface area contributed by atoms with Crippen molar-refractivity contribution in [3.63, 3.8) is 0 Å². The van der Waals surface area contributed by atoms with Gasteiger partial charge in [-0.1, -0.05) is 32.0 Å². The molecule has 1 heterocycles. The van der Waals surface area contributed by atoms with Crippen molar-refractivity contribution in [3.8, 4) is 11.4 Å². The van der Waals surface area contributed by atoms with Crippen LogP contribution in [0.25, 0.3) is 11.4 Å². The smallest absolute Gasteiger partial charge is 0.159 e. The second-order valence-electron chi connectivity index (χ2n) is 4.87. The van der Waals surface area contributed by atoms with Crippen molar-refractivity contribution >= 4 is 0 Å². The molecule has 3 nitrogen and oxygen atoms in total. The van der Waals surface area contributed by atoms with Gasteiger partial charge in [-0.05, 0) is 30.0 Å². The Morgan fingerprint density at radius 2 is 2.06 bits per heavy atom. The Balaban J connectivity index is 2.32. The monoisotopic (exact) mass is 241 g/mol. The molecule has 18 heavy (non-hydrogen) atoms. The van der Waals surface area contributed by atoms with E-state index in [1.165, 1.54) is 0 Å². The lowest BCUT2D eigenvalue weighted by Gasteiger charge is -2.07. The minimum Gasteiger partial charge on any atom is -0.326 e. The SMILES string of the molecule is CC(C)Cc1ccnc(-c2cccc(CN)c2)n1. The van der Waals surface area contributed by atoms with Crippen LogP contribution < -0.4 is 5.73 Å². The van der Waals surface area contributed by atoms with Gasteiger partial charge in [-0.3, -0.25) is 0 Å². The molecule has 0 amide bonds. The van der Waals surface area contributed by atoms with Crippen LogP contribution in [-0.4, -0.2) is 9.97 Å². The minimum absolute atomic E-state index is 0.541. The van der Waals surface area contributed by atoms with E-state index in [0.29, 0.717) is 12.5 Å². The first-order valence-electron chi connectivity index (χ1n) is 6.30. The van der Waals surface area contributed by atoms with Crippen LogP contribution in [0.5, 0.6) is 0 Å². The fraction of sp³-hybridized carbons (Fsp3) is 0.333. The predicted molar refractivity (Wildman–Crippen MR) is 73.9 cm³/mol. The van der Waals surface area contributed by atoms with Gasteiger partial charge in [-0.25, -0.2) is 9.97 Å². The third-order valence-electron chi connectivity index (χ3n) is 2.75. The lowest BCUT2D eigenvalue weighted by Crippen LogP contribution is -2.00. The van der Waals surface area contributed by atoms with Crippen molar-refractivity contribution in [1.82, 2.24) is 9.97 Å². The van der Waals surface area contributed by atoms with E-state index < -0.39 is 0 Å². The Morgan fingerprint density at radius 1 is 1.22 bits per heavy atom. The number of hydrogen-bond donors (Lipinski definition) is 1. The van der Waals surface area contributed by atoms with Crippen LogP contribution in [0.4, 0.5) is 0 Å². The first-order valence-corrected chi connectivity index (χ1v) is 6.30. The summed E-state index contributed by atoms with van der Waals surface area (Å²) in [7, 11) is 0. The van der Waals surface area contributed by atoms with Gasteiger partial charge in [0.15, 0.2) is 5.82 Å². The van der Waals surface area contributed by atoms with Crippen molar-refractivity contribution in [2.24, 2.45) is 11.7 Å². The molecule has 0 bridgehead atoms. The molecule has 94 valence electrons. The van der Waals surface area contributed by atoms with Gasteiger partial charge in [0.1, 0.15) is 0 Å². The van der Waals surface area contributed by atoms with E-state index in [1.807, 2.05) is 30.5 Å².